The monoisotopic (exact) mass is 410 g/mol. The third kappa shape index (κ3) is 6.61. The Morgan fingerprint density at radius 1 is 1.38 bits per heavy atom. The molecule has 24 heavy (non-hydrogen) atoms. The second-order valence-corrected chi connectivity index (χ2v) is 7.15. The first-order valence-electron chi connectivity index (χ1n) is 8.19. The van der Waals surface area contributed by atoms with Crippen LogP contribution in [0, 0.1) is 6.92 Å². The zero-order valence-electron chi connectivity index (χ0n) is 13.9. The lowest BCUT2D eigenvalue weighted by Crippen LogP contribution is -2.41. The average molecular weight is 411 g/mol. The molecule has 1 aliphatic carbocycles. The molecule has 0 atom stereocenters. The minimum atomic E-state index is -0.267. The molecule has 1 amide bonds. The largest absolute Gasteiger partial charge is 0.483 e. The third-order valence-electron chi connectivity index (χ3n) is 3.82. The number of amides is 1. The van der Waals surface area contributed by atoms with Crippen LogP contribution in [0.2, 0.25) is 0 Å². The summed E-state index contributed by atoms with van der Waals surface area (Å²) in [7, 11) is 0. The van der Waals surface area contributed by atoms with Crippen LogP contribution in [0.3, 0.4) is 0 Å². The van der Waals surface area contributed by atoms with Gasteiger partial charge in [-0.3, -0.25) is 4.79 Å². The number of carbonyl (C=O) groups excluding carboxylic acids is 1. The number of nitrogens with one attached hydrogen (secondary N) is 2. The molecule has 0 spiro atoms. The minimum absolute atomic E-state index is 0.0748. The minimum Gasteiger partial charge on any atom is -0.483 e. The van der Waals surface area contributed by atoms with Gasteiger partial charge in [-0.2, -0.15) is 0 Å². The Balaban J connectivity index is 1.66. The number of aryl methyl sites for hydroxylation is 1. The summed E-state index contributed by atoms with van der Waals surface area (Å²) in [6.07, 6.45) is 8.23. The van der Waals surface area contributed by atoms with Gasteiger partial charge in [-0.1, -0.05) is 17.7 Å². The number of thiocarbonyl (C=S) groups is 1. The Hall–Kier alpha value is -1.40. The van der Waals surface area contributed by atoms with Crippen molar-refractivity contribution in [3.63, 3.8) is 0 Å². The maximum absolute atomic E-state index is 11.9. The summed E-state index contributed by atoms with van der Waals surface area (Å²) in [5, 5.41) is 6.06. The second kappa shape index (κ2) is 9.79. The van der Waals surface area contributed by atoms with Crippen LogP contribution in [-0.2, 0) is 4.79 Å². The van der Waals surface area contributed by atoms with Gasteiger partial charge < -0.3 is 15.4 Å². The van der Waals surface area contributed by atoms with E-state index in [4.69, 9.17) is 17.0 Å². The molecule has 2 rings (SSSR count). The lowest BCUT2D eigenvalue weighted by molar-refractivity contribution is -0.121. The van der Waals surface area contributed by atoms with Gasteiger partial charge in [0, 0.05) is 6.54 Å². The summed E-state index contributed by atoms with van der Waals surface area (Å²) in [5.41, 5.74) is 2.60. The lowest BCUT2D eigenvalue weighted by atomic mass is 9.97. The van der Waals surface area contributed by atoms with E-state index in [1.54, 1.807) is 0 Å². The highest BCUT2D eigenvalue weighted by molar-refractivity contribution is 9.10. The Labute approximate surface area is 157 Å². The summed E-state index contributed by atoms with van der Waals surface area (Å²) in [5.74, 6) is 0.371. The van der Waals surface area contributed by atoms with Crippen LogP contribution in [0.5, 0.6) is 5.75 Å². The number of halogens is 1. The zero-order valence-corrected chi connectivity index (χ0v) is 16.3. The molecule has 1 aliphatic rings. The molecular formula is C18H23BrN2O2S. The van der Waals surface area contributed by atoms with Crippen LogP contribution in [0.25, 0.3) is 0 Å². The van der Waals surface area contributed by atoms with Crippen molar-refractivity contribution in [1.29, 1.82) is 0 Å². The fourth-order valence-corrected chi connectivity index (χ4v) is 3.37. The van der Waals surface area contributed by atoms with Crippen LogP contribution in [0.1, 0.15) is 37.7 Å². The highest BCUT2D eigenvalue weighted by atomic mass is 79.9. The zero-order chi connectivity index (χ0) is 17.4. The molecule has 6 heteroatoms. The van der Waals surface area contributed by atoms with E-state index in [0.717, 1.165) is 23.0 Å². The van der Waals surface area contributed by atoms with Crippen LogP contribution >= 0.6 is 28.1 Å². The number of ether oxygens (including phenoxy) is 1. The van der Waals surface area contributed by atoms with Crippen molar-refractivity contribution in [1.82, 2.24) is 10.6 Å². The van der Waals surface area contributed by atoms with Crippen LogP contribution in [0.15, 0.2) is 34.3 Å². The number of hydrogen-bond donors (Lipinski definition) is 2. The molecule has 4 nitrogen and oxygen atoms in total. The van der Waals surface area contributed by atoms with Crippen molar-refractivity contribution in [3.05, 3.63) is 39.9 Å². The fourth-order valence-electron chi connectivity index (χ4n) is 2.54. The topological polar surface area (TPSA) is 50.4 Å². The summed E-state index contributed by atoms with van der Waals surface area (Å²) in [4.78, 5) is 11.9. The first-order valence-corrected chi connectivity index (χ1v) is 9.39. The van der Waals surface area contributed by atoms with E-state index in [1.807, 2.05) is 25.1 Å². The molecule has 2 N–H and O–H groups in total. The molecule has 0 fully saturated rings. The van der Waals surface area contributed by atoms with Crippen molar-refractivity contribution in [2.24, 2.45) is 0 Å². The second-order valence-electron chi connectivity index (χ2n) is 5.88. The summed E-state index contributed by atoms with van der Waals surface area (Å²) < 4.78 is 6.33. The van der Waals surface area contributed by atoms with Gasteiger partial charge in [0.1, 0.15) is 5.75 Å². The van der Waals surface area contributed by atoms with Crippen molar-refractivity contribution < 1.29 is 9.53 Å². The van der Waals surface area contributed by atoms with E-state index < -0.39 is 0 Å². The number of rotatable bonds is 6. The van der Waals surface area contributed by atoms with Gasteiger partial charge in [0.05, 0.1) is 4.47 Å². The summed E-state index contributed by atoms with van der Waals surface area (Å²) in [6, 6.07) is 5.71. The number of allylic oxidation sites excluding steroid dienone is 1. The highest BCUT2D eigenvalue weighted by Crippen LogP contribution is 2.25. The molecule has 0 aromatic heterocycles. The van der Waals surface area contributed by atoms with E-state index >= 15 is 0 Å². The molecular weight excluding hydrogens is 388 g/mol. The van der Waals surface area contributed by atoms with E-state index in [-0.39, 0.29) is 12.5 Å². The summed E-state index contributed by atoms with van der Waals surface area (Å²) >= 11 is 8.56. The molecule has 0 saturated carbocycles. The van der Waals surface area contributed by atoms with Crippen molar-refractivity contribution in [2.45, 2.75) is 39.0 Å². The normalized spacial score (nSPS) is 13.8. The van der Waals surface area contributed by atoms with Crippen molar-refractivity contribution in [3.8, 4) is 5.75 Å². The standard InChI is InChI=1S/C18H23BrN2O2S/c1-13-7-8-16(15(19)11-13)23-12-17(22)21-18(24)20-10-9-14-5-3-2-4-6-14/h5,7-8,11H,2-4,6,9-10,12H2,1H3,(H2,20,21,22,24). The Morgan fingerprint density at radius 3 is 2.92 bits per heavy atom. The molecule has 1 aromatic carbocycles. The predicted molar refractivity (Wildman–Crippen MR) is 104 cm³/mol. The Morgan fingerprint density at radius 2 is 2.21 bits per heavy atom. The number of hydrogen-bond acceptors (Lipinski definition) is 3. The van der Waals surface area contributed by atoms with Gasteiger partial charge in [-0.15, -0.1) is 0 Å². The smallest absolute Gasteiger partial charge is 0.264 e. The maximum atomic E-state index is 11.9. The molecule has 130 valence electrons. The molecule has 0 unspecified atom stereocenters. The first kappa shape index (κ1) is 18.9. The van der Waals surface area contributed by atoms with Crippen molar-refractivity contribution in [2.75, 3.05) is 13.2 Å². The van der Waals surface area contributed by atoms with Crippen LogP contribution in [-0.4, -0.2) is 24.2 Å². The number of carbonyl (C=O) groups is 1. The van der Waals surface area contributed by atoms with E-state index in [9.17, 15) is 4.79 Å². The maximum Gasteiger partial charge on any atom is 0.264 e. The SMILES string of the molecule is Cc1ccc(OCC(=O)NC(=S)NCCC2=CCCCC2)c(Br)c1. The molecule has 0 saturated heterocycles. The van der Waals surface area contributed by atoms with E-state index in [1.165, 1.54) is 31.3 Å². The van der Waals surface area contributed by atoms with E-state index in [2.05, 4.69) is 32.6 Å². The first-order chi connectivity index (χ1) is 11.5. The summed E-state index contributed by atoms with van der Waals surface area (Å²) in [6.45, 7) is 2.67. The van der Waals surface area contributed by atoms with Gasteiger partial charge in [-0.25, -0.2) is 0 Å². The van der Waals surface area contributed by atoms with Crippen LogP contribution in [0.4, 0.5) is 0 Å². The molecule has 1 aromatic rings. The number of benzene rings is 1. The molecule has 0 bridgehead atoms. The lowest BCUT2D eigenvalue weighted by Gasteiger charge is -2.14. The van der Waals surface area contributed by atoms with Crippen molar-refractivity contribution >= 4 is 39.2 Å². The quantitative estimate of drug-likeness (QED) is 0.549. The average Bonchev–Trinajstić information content (AvgIpc) is 2.55. The highest BCUT2D eigenvalue weighted by Gasteiger charge is 2.08. The Kier molecular flexibility index (Phi) is 7.72. The van der Waals surface area contributed by atoms with Gasteiger partial charge in [0.25, 0.3) is 5.91 Å². The third-order valence-corrected chi connectivity index (χ3v) is 4.68. The van der Waals surface area contributed by atoms with Gasteiger partial charge in [0.15, 0.2) is 11.7 Å². The van der Waals surface area contributed by atoms with Gasteiger partial charge in [-0.05, 0) is 84.9 Å². The Bertz CT molecular complexity index is 631. The molecule has 0 radical (unpaired) electrons. The molecule has 0 aliphatic heterocycles. The fraction of sp³-hybridized carbons (Fsp3) is 0.444. The van der Waals surface area contributed by atoms with Gasteiger partial charge in [0.2, 0.25) is 0 Å². The van der Waals surface area contributed by atoms with E-state index in [0.29, 0.717) is 10.9 Å². The van der Waals surface area contributed by atoms with Gasteiger partial charge >= 0.3 is 0 Å². The molecule has 0 heterocycles. The predicted octanol–water partition coefficient (Wildman–Crippen LogP) is 4.02. The van der Waals surface area contributed by atoms with Crippen LogP contribution < -0.4 is 15.4 Å².